The van der Waals surface area contributed by atoms with Crippen molar-refractivity contribution >= 4 is 69.3 Å². The van der Waals surface area contributed by atoms with Gasteiger partial charge in [-0.25, -0.2) is 8.42 Å². The Kier molecular flexibility index (Phi) is 10.5. The lowest BCUT2D eigenvalue weighted by Gasteiger charge is -2.33. The minimum Gasteiger partial charge on any atom is -0.494 e. The first-order chi connectivity index (χ1) is 17.5. The van der Waals surface area contributed by atoms with Crippen molar-refractivity contribution in [1.29, 1.82) is 0 Å². The van der Waals surface area contributed by atoms with Gasteiger partial charge in [0.1, 0.15) is 5.75 Å². The molecule has 1 aromatic heterocycles. The fraction of sp³-hybridized carbons (Fsp3) is 0.458. The highest BCUT2D eigenvalue weighted by Crippen LogP contribution is 2.44. The van der Waals surface area contributed by atoms with Crippen LogP contribution in [0.1, 0.15) is 13.8 Å². The maximum Gasteiger partial charge on any atom is 0.243 e. The van der Waals surface area contributed by atoms with Crippen LogP contribution in [-0.4, -0.2) is 76.8 Å². The lowest BCUT2D eigenvalue weighted by molar-refractivity contribution is 0.415. The molecule has 13 heteroatoms. The molecule has 204 valence electrons. The predicted molar refractivity (Wildman–Crippen MR) is 157 cm³/mol. The van der Waals surface area contributed by atoms with Crippen molar-refractivity contribution in [3.63, 3.8) is 0 Å². The number of allylic oxidation sites excluding steroid dienone is 1. The highest BCUT2D eigenvalue weighted by Gasteiger charge is 2.26. The van der Waals surface area contributed by atoms with E-state index in [0.717, 1.165) is 36.8 Å². The van der Waals surface area contributed by atoms with Crippen LogP contribution in [-0.2, 0) is 14.6 Å². The summed E-state index contributed by atoms with van der Waals surface area (Å²) in [5.41, 5.74) is 1.29. The molecule has 1 aromatic carbocycles. The average Bonchev–Trinajstić information content (AvgIpc) is 3.42. The van der Waals surface area contributed by atoms with Crippen molar-refractivity contribution in [3.05, 3.63) is 46.3 Å². The molecule has 4 rings (SSSR count). The molecular formula is C24H33Cl2N4O4PS2. The Morgan fingerprint density at radius 1 is 1.22 bits per heavy atom. The summed E-state index contributed by atoms with van der Waals surface area (Å²) in [5, 5.41) is 3.94. The summed E-state index contributed by atoms with van der Waals surface area (Å²) in [6.45, 7) is 8.22. The third kappa shape index (κ3) is 7.52. The number of ether oxygens (including phenoxy) is 1. The standard InChI is InChI=1S/C16H20Cl2N3O2P.C8H13NO2S2/c1-23-15-9-13(20-5-7-24(2,22)8-6-20)3-4-14(15)21-11-12(17)10-19-16(21)18;1-3-9(4-2)13(10,11)8-5-6-12-7-8/h3-4,9-11,16H,5-8H2,1-2H3;5-7H,3-4H2,1-2H3. The quantitative estimate of drug-likeness (QED) is 0.226. The summed E-state index contributed by atoms with van der Waals surface area (Å²) >= 11 is 13.7. The molecule has 1 saturated heterocycles. The highest BCUT2D eigenvalue weighted by atomic mass is 35.5. The van der Waals surface area contributed by atoms with Crippen LogP contribution >= 0.6 is 41.7 Å². The Labute approximate surface area is 233 Å². The predicted octanol–water partition coefficient (Wildman–Crippen LogP) is 5.78. The Balaban J connectivity index is 0.000000248. The second-order valence-corrected chi connectivity index (χ2v) is 15.7. The molecular weight excluding hydrogens is 574 g/mol. The second-order valence-electron chi connectivity index (χ2n) is 8.65. The molecule has 0 N–H and O–H groups in total. The van der Waals surface area contributed by atoms with Gasteiger partial charge in [-0.05, 0) is 30.2 Å². The molecule has 2 aromatic rings. The summed E-state index contributed by atoms with van der Waals surface area (Å²) in [7, 11) is -3.54. The molecule has 0 aliphatic carbocycles. The van der Waals surface area contributed by atoms with Crippen molar-refractivity contribution in [3.8, 4) is 5.75 Å². The maximum atomic E-state index is 12.2. The summed E-state index contributed by atoms with van der Waals surface area (Å²) in [4.78, 5) is 8.55. The summed E-state index contributed by atoms with van der Waals surface area (Å²) in [5.74, 6) is 0.696. The van der Waals surface area contributed by atoms with Gasteiger partial charge in [-0.2, -0.15) is 15.6 Å². The number of hydrogen-bond donors (Lipinski definition) is 0. The maximum absolute atomic E-state index is 12.2. The number of halogens is 2. The van der Waals surface area contributed by atoms with E-state index in [-0.39, 0.29) is 0 Å². The number of rotatable bonds is 7. The minimum absolute atomic E-state index is 0.404. The smallest absolute Gasteiger partial charge is 0.243 e. The van der Waals surface area contributed by atoms with Crippen LogP contribution in [0.5, 0.6) is 5.75 Å². The van der Waals surface area contributed by atoms with E-state index in [1.165, 1.54) is 21.9 Å². The summed E-state index contributed by atoms with van der Waals surface area (Å²) < 4.78 is 42.7. The van der Waals surface area contributed by atoms with Gasteiger partial charge in [0.2, 0.25) is 15.6 Å². The van der Waals surface area contributed by atoms with Crippen LogP contribution in [0.2, 0.25) is 0 Å². The summed E-state index contributed by atoms with van der Waals surface area (Å²) in [6, 6.07) is 7.59. The Bertz CT molecular complexity index is 1260. The Hall–Kier alpha value is -1.55. The zero-order chi connectivity index (χ0) is 27.2. The Morgan fingerprint density at radius 3 is 2.46 bits per heavy atom. The van der Waals surface area contributed by atoms with E-state index < -0.39 is 22.8 Å². The number of nitrogens with zero attached hydrogens (tertiary/aromatic N) is 4. The molecule has 8 nitrogen and oxygen atoms in total. The minimum atomic E-state index is -3.21. The van der Waals surface area contributed by atoms with E-state index >= 15 is 0 Å². The van der Waals surface area contributed by atoms with Crippen molar-refractivity contribution < 1.29 is 17.7 Å². The Morgan fingerprint density at radius 2 is 1.89 bits per heavy atom. The van der Waals surface area contributed by atoms with E-state index in [9.17, 15) is 13.0 Å². The van der Waals surface area contributed by atoms with E-state index in [4.69, 9.17) is 27.9 Å². The van der Waals surface area contributed by atoms with Gasteiger partial charge in [0.05, 0.1) is 29.9 Å². The molecule has 1 atom stereocenters. The van der Waals surface area contributed by atoms with E-state index in [2.05, 4.69) is 9.89 Å². The topological polar surface area (TPSA) is 82.5 Å². The van der Waals surface area contributed by atoms with Gasteiger partial charge < -0.3 is 19.1 Å². The molecule has 37 heavy (non-hydrogen) atoms. The molecule has 0 amide bonds. The van der Waals surface area contributed by atoms with Gasteiger partial charge >= 0.3 is 0 Å². The van der Waals surface area contributed by atoms with Gasteiger partial charge in [0.25, 0.3) is 0 Å². The zero-order valence-corrected chi connectivity index (χ0v) is 25.4. The average molecular weight is 608 g/mol. The molecule has 2 aliphatic heterocycles. The SMILES string of the molecule is CCN(CC)S(=O)(=O)c1ccsc1.COc1cc(N2CCP(C)(=O)CC2)ccc1N1C=C(Cl)C=NC1Cl. The fourth-order valence-electron chi connectivity index (χ4n) is 3.95. The fourth-order valence-corrected chi connectivity index (χ4v) is 8.36. The molecule has 1 unspecified atom stereocenters. The third-order valence-electron chi connectivity index (χ3n) is 6.14. The lowest BCUT2D eigenvalue weighted by Crippen LogP contribution is -2.34. The molecule has 3 heterocycles. The number of aliphatic imine (C=N–C) groups is 1. The van der Waals surface area contributed by atoms with Gasteiger partial charge in [0, 0.05) is 68.1 Å². The van der Waals surface area contributed by atoms with Gasteiger partial charge in [0.15, 0.2) is 0 Å². The number of hydrogen-bond acceptors (Lipinski definition) is 8. The summed E-state index contributed by atoms with van der Waals surface area (Å²) in [6.07, 6.45) is 4.77. The van der Waals surface area contributed by atoms with E-state index in [1.54, 1.807) is 35.0 Å². The number of benzene rings is 1. The van der Waals surface area contributed by atoms with Gasteiger partial charge in [-0.15, -0.1) is 0 Å². The molecule has 1 fully saturated rings. The van der Waals surface area contributed by atoms with Crippen molar-refractivity contribution in [2.45, 2.75) is 24.4 Å². The number of thiophene rings is 1. The highest BCUT2D eigenvalue weighted by molar-refractivity contribution is 7.89. The lowest BCUT2D eigenvalue weighted by atomic mass is 10.2. The van der Waals surface area contributed by atoms with Crippen molar-refractivity contribution in [2.75, 3.05) is 62.1 Å². The second kappa shape index (κ2) is 13.0. The van der Waals surface area contributed by atoms with Crippen LogP contribution in [0, 0.1) is 0 Å². The molecule has 2 aliphatic rings. The van der Waals surface area contributed by atoms with E-state index in [0.29, 0.717) is 28.8 Å². The largest absolute Gasteiger partial charge is 0.494 e. The molecule has 0 radical (unpaired) electrons. The van der Waals surface area contributed by atoms with Crippen molar-refractivity contribution in [1.82, 2.24) is 4.31 Å². The first-order valence-corrected chi connectivity index (χ1v) is 17.6. The molecule has 0 saturated carbocycles. The van der Waals surface area contributed by atoms with Gasteiger partial charge in [-0.1, -0.05) is 37.0 Å². The normalized spacial score (nSPS) is 19.3. The number of anilines is 2. The van der Waals surface area contributed by atoms with Crippen molar-refractivity contribution in [2.24, 2.45) is 4.99 Å². The number of methoxy groups -OCH3 is 1. The third-order valence-corrected chi connectivity index (χ3v) is 11.8. The molecule has 0 bridgehead atoms. The number of sulfonamides is 1. The first kappa shape index (κ1) is 30.0. The monoisotopic (exact) mass is 606 g/mol. The van der Waals surface area contributed by atoms with Gasteiger partial charge in [-0.3, -0.25) is 4.99 Å². The van der Waals surface area contributed by atoms with Crippen LogP contribution in [0.4, 0.5) is 11.4 Å². The zero-order valence-electron chi connectivity index (χ0n) is 21.4. The van der Waals surface area contributed by atoms with Crippen LogP contribution < -0.4 is 14.5 Å². The number of alkyl halides is 1. The van der Waals surface area contributed by atoms with E-state index in [1.807, 2.05) is 38.7 Å². The first-order valence-electron chi connectivity index (χ1n) is 11.9. The van der Waals surface area contributed by atoms with Crippen LogP contribution in [0.15, 0.2) is 56.1 Å². The molecule has 0 spiro atoms. The van der Waals surface area contributed by atoms with Crippen LogP contribution in [0.25, 0.3) is 0 Å². The van der Waals surface area contributed by atoms with Crippen LogP contribution in [0.3, 0.4) is 0 Å².